The molecule has 21 heavy (non-hydrogen) atoms. The summed E-state index contributed by atoms with van der Waals surface area (Å²) in [6, 6.07) is 4.10. The van der Waals surface area contributed by atoms with Crippen molar-refractivity contribution in [1.82, 2.24) is 5.32 Å². The third-order valence-electron chi connectivity index (χ3n) is 3.43. The van der Waals surface area contributed by atoms with Gasteiger partial charge in [-0.05, 0) is 63.8 Å². The second kappa shape index (κ2) is 8.13. The Balaban J connectivity index is 2.14. The molecule has 1 aliphatic rings. The van der Waals surface area contributed by atoms with Crippen molar-refractivity contribution in [3.05, 3.63) is 17.7 Å². The fourth-order valence-corrected chi connectivity index (χ4v) is 2.29. The number of hydrogen-bond acceptors (Lipinski definition) is 4. The predicted molar refractivity (Wildman–Crippen MR) is 84.4 cm³/mol. The summed E-state index contributed by atoms with van der Waals surface area (Å²) in [7, 11) is 0. The lowest BCUT2D eigenvalue weighted by Crippen LogP contribution is -2.16. The van der Waals surface area contributed by atoms with Crippen molar-refractivity contribution in [3.8, 4) is 17.2 Å². The molecule has 0 heterocycles. The molecule has 1 saturated carbocycles. The normalized spacial score (nSPS) is 14.0. The maximum atomic E-state index is 5.72. The van der Waals surface area contributed by atoms with Crippen molar-refractivity contribution >= 4 is 0 Å². The molecule has 1 N–H and O–H groups in total. The van der Waals surface area contributed by atoms with E-state index in [2.05, 4.69) is 17.4 Å². The molecule has 4 nitrogen and oxygen atoms in total. The molecule has 4 heteroatoms. The van der Waals surface area contributed by atoms with Crippen LogP contribution in [0.5, 0.6) is 17.2 Å². The Morgan fingerprint density at radius 1 is 0.952 bits per heavy atom. The third kappa shape index (κ3) is 4.81. The van der Waals surface area contributed by atoms with E-state index in [0.717, 1.165) is 30.5 Å². The minimum absolute atomic E-state index is 0.597. The van der Waals surface area contributed by atoms with Crippen LogP contribution in [0, 0.1) is 5.92 Å². The summed E-state index contributed by atoms with van der Waals surface area (Å²) in [4.78, 5) is 0. The van der Waals surface area contributed by atoms with Gasteiger partial charge in [0, 0.05) is 6.54 Å². The van der Waals surface area contributed by atoms with E-state index in [1.807, 2.05) is 20.8 Å². The van der Waals surface area contributed by atoms with Gasteiger partial charge in [0.15, 0.2) is 11.5 Å². The molecule has 1 fully saturated rings. The fourth-order valence-electron chi connectivity index (χ4n) is 2.29. The van der Waals surface area contributed by atoms with Gasteiger partial charge in [-0.15, -0.1) is 0 Å². The average molecular weight is 293 g/mol. The summed E-state index contributed by atoms with van der Waals surface area (Å²) in [5.74, 6) is 3.14. The van der Waals surface area contributed by atoms with Crippen LogP contribution in [0.15, 0.2) is 12.1 Å². The van der Waals surface area contributed by atoms with E-state index in [9.17, 15) is 0 Å². The highest BCUT2D eigenvalue weighted by Gasteiger charge is 2.20. The molecule has 1 aliphatic carbocycles. The van der Waals surface area contributed by atoms with Gasteiger partial charge >= 0.3 is 0 Å². The topological polar surface area (TPSA) is 39.7 Å². The first-order valence-electron chi connectivity index (χ1n) is 8.04. The lowest BCUT2D eigenvalue weighted by atomic mass is 10.1. The molecule has 0 radical (unpaired) electrons. The number of hydrogen-bond donors (Lipinski definition) is 1. The highest BCUT2D eigenvalue weighted by Crippen LogP contribution is 2.39. The molecule has 1 aromatic rings. The van der Waals surface area contributed by atoms with Crippen molar-refractivity contribution in [3.63, 3.8) is 0 Å². The van der Waals surface area contributed by atoms with Crippen LogP contribution in [0.1, 0.15) is 39.2 Å². The van der Waals surface area contributed by atoms with Crippen LogP contribution in [-0.4, -0.2) is 26.4 Å². The molecule has 0 amide bonds. The van der Waals surface area contributed by atoms with Crippen LogP contribution in [0.4, 0.5) is 0 Å². The molecule has 0 saturated heterocycles. The number of nitrogens with one attached hydrogen (secondary N) is 1. The molecular formula is C17H27NO3. The Morgan fingerprint density at radius 2 is 1.52 bits per heavy atom. The summed E-state index contributed by atoms with van der Waals surface area (Å²) in [5.41, 5.74) is 1.17. The summed E-state index contributed by atoms with van der Waals surface area (Å²) in [6.45, 7) is 9.69. The van der Waals surface area contributed by atoms with Crippen molar-refractivity contribution in [2.24, 2.45) is 5.92 Å². The predicted octanol–water partition coefficient (Wildman–Crippen LogP) is 3.38. The van der Waals surface area contributed by atoms with E-state index in [4.69, 9.17) is 14.2 Å². The molecule has 0 unspecified atom stereocenters. The van der Waals surface area contributed by atoms with Crippen LogP contribution in [0.2, 0.25) is 0 Å². The first kappa shape index (κ1) is 16.0. The van der Waals surface area contributed by atoms with E-state index in [1.165, 1.54) is 18.4 Å². The summed E-state index contributed by atoms with van der Waals surface area (Å²) in [5, 5.41) is 3.50. The Kier molecular flexibility index (Phi) is 6.18. The van der Waals surface area contributed by atoms with Crippen LogP contribution in [-0.2, 0) is 6.54 Å². The van der Waals surface area contributed by atoms with Crippen LogP contribution >= 0.6 is 0 Å². The second-order valence-electron chi connectivity index (χ2n) is 5.29. The monoisotopic (exact) mass is 293 g/mol. The van der Waals surface area contributed by atoms with Gasteiger partial charge in [-0.2, -0.15) is 0 Å². The Morgan fingerprint density at radius 3 is 2.00 bits per heavy atom. The van der Waals surface area contributed by atoms with Gasteiger partial charge < -0.3 is 19.5 Å². The Hall–Kier alpha value is -1.42. The van der Waals surface area contributed by atoms with E-state index in [0.29, 0.717) is 25.6 Å². The van der Waals surface area contributed by atoms with Crippen molar-refractivity contribution in [1.29, 1.82) is 0 Å². The van der Waals surface area contributed by atoms with Gasteiger partial charge in [0.2, 0.25) is 5.75 Å². The molecule has 0 bridgehead atoms. The molecule has 118 valence electrons. The Labute approximate surface area is 127 Å². The first-order chi connectivity index (χ1) is 10.3. The van der Waals surface area contributed by atoms with Gasteiger partial charge in [-0.25, -0.2) is 0 Å². The van der Waals surface area contributed by atoms with Crippen LogP contribution in [0.25, 0.3) is 0 Å². The minimum Gasteiger partial charge on any atom is -0.490 e. The third-order valence-corrected chi connectivity index (χ3v) is 3.43. The van der Waals surface area contributed by atoms with Crippen molar-refractivity contribution in [2.75, 3.05) is 26.4 Å². The first-order valence-corrected chi connectivity index (χ1v) is 8.04. The smallest absolute Gasteiger partial charge is 0.203 e. The number of rotatable bonds is 10. The van der Waals surface area contributed by atoms with Gasteiger partial charge in [0.1, 0.15) is 0 Å². The maximum absolute atomic E-state index is 5.72. The molecule has 2 rings (SSSR count). The van der Waals surface area contributed by atoms with E-state index >= 15 is 0 Å². The lowest BCUT2D eigenvalue weighted by Gasteiger charge is -2.17. The summed E-state index contributed by atoms with van der Waals surface area (Å²) >= 11 is 0. The highest BCUT2D eigenvalue weighted by atomic mass is 16.5. The molecular weight excluding hydrogens is 266 g/mol. The largest absolute Gasteiger partial charge is 0.490 e. The number of benzene rings is 1. The molecule has 0 aliphatic heterocycles. The fraction of sp³-hybridized carbons (Fsp3) is 0.647. The second-order valence-corrected chi connectivity index (χ2v) is 5.29. The SMILES string of the molecule is CCOc1cc(CNCC2CC2)cc(OCC)c1OCC. The van der Waals surface area contributed by atoms with Gasteiger partial charge in [-0.3, -0.25) is 0 Å². The zero-order valence-corrected chi connectivity index (χ0v) is 13.4. The quantitative estimate of drug-likeness (QED) is 0.718. The van der Waals surface area contributed by atoms with Crippen molar-refractivity contribution in [2.45, 2.75) is 40.2 Å². The Bertz CT molecular complexity index is 417. The lowest BCUT2D eigenvalue weighted by molar-refractivity contribution is 0.260. The number of ether oxygens (including phenoxy) is 3. The van der Waals surface area contributed by atoms with Crippen LogP contribution in [0.3, 0.4) is 0 Å². The van der Waals surface area contributed by atoms with Gasteiger partial charge in [0.25, 0.3) is 0 Å². The maximum Gasteiger partial charge on any atom is 0.203 e. The zero-order chi connectivity index (χ0) is 15.1. The summed E-state index contributed by atoms with van der Waals surface area (Å²) in [6.07, 6.45) is 2.73. The van der Waals surface area contributed by atoms with Crippen molar-refractivity contribution < 1.29 is 14.2 Å². The minimum atomic E-state index is 0.597. The van der Waals surface area contributed by atoms with Crippen LogP contribution < -0.4 is 19.5 Å². The molecule has 1 aromatic carbocycles. The standard InChI is InChI=1S/C17H27NO3/c1-4-19-15-9-14(12-18-11-13-7-8-13)10-16(20-5-2)17(15)21-6-3/h9-10,13,18H,4-8,11-12H2,1-3H3. The average Bonchev–Trinajstić information content (AvgIpc) is 3.27. The molecule has 0 aromatic heterocycles. The zero-order valence-electron chi connectivity index (χ0n) is 13.4. The summed E-state index contributed by atoms with van der Waals surface area (Å²) < 4.78 is 17.2. The van der Waals surface area contributed by atoms with E-state index < -0.39 is 0 Å². The highest BCUT2D eigenvalue weighted by molar-refractivity contribution is 5.54. The molecule has 0 spiro atoms. The van der Waals surface area contributed by atoms with E-state index in [-0.39, 0.29) is 0 Å². The van der Waals surface area contributed by atoms with Gasteiger partial charge in [-0.1, -0.05) is 0 Å². The van der Waals surface area contributed by atoms with Gasteiger partial charge in [0.05, 0.1) is 19.8 Å². The van der Waals surface area contributed by atoms with E-state index in [1.54, 1.807) is 0 Å². The molecule has 0 atom stereocenters.